The predicted molar refractivity (Wildman–Crippen MR) is 74.1 cm³/mol. The van der Waals surface area contributed by atoms with Crippen molar-refractivity contribution in [2.24, 2.45) is 0 Å². The molecule has 4 heteroatoms. The number of rotatable bonds is 6. The van der Waals surface area contributed by atoms with Gasteiger partial charge < -0.3 is 10.4 Å². The third kappa shape index (κ3) is 4.73. The van der Waals surface area contributed by atoms with Crippen LogP contribution in [-0.2, 0) is 16.0 Å². The Labute approximate surface area is 113 Å². The Morgan fingerprint density at radius 3 is 2.26 bits per heavy atom. The maximum atomic E-state index is 11.7. The average molecular weight is 263 g/mol. The van der Waals surface area contributed by atoms with Crippen molar-refractivity contribution in [3.63, 3.8) is 0 Å². The molecule has 0 radical (unpaired) electrons. The van der Waals surface area contributed by atoms with E-state index >= 15 is 0 Å². The second-order valence-corrected chi connectivity index (χ2v) is 4.83. The van der Waals surface area contributed by atoms with Gasteiger partial charge in [0.25, 0.3) is 0 Å². The van der Waals surface area contributed by atoms with Crippen molar-refractivity contribution in [3.05, 3.63) is 35.4 Å². The summed E-state index contributed by atoms with van der Waals surface area (Å²) in [7, 11) is 0. The number of nitrogens with one attached hydrogen (secondary N) is 1. The molecule has 0 fully saturated rings. The molecule has 0 saturated carbocycles. The van der Waals surface area contributed by atoms with E-state index in [2.05, 4.69) is 24.4 Å². The summed E-state index contributed by atoms with van der Waals surface area (Å²) in [6, 6.07) is 7.32. The molecule has 1 unspecified atom stereocenters. The van der Waals surface area contributed by atoms with Gasteiger partial charge >= 0.3 is 5.97 Å². The normalized spacial score (nSPS) is 13.6. The number of carbonyl (C=O) groups is 2. The van der Waals surface area contributed by atoms with E-state index in [1.165, 1.54) is 12.5 Å². The molecule has 0 bridgehead atoms. The van der Waals surface area contributed by atoms with Gasteiger partial charge in [-0.1, -0.05) is 38.1 Å². The Morgan fingerprint density at radius 1 is 1.21 bits per heavy atom. The van der Waals surface area contributed by atoms with Crippen molar-refractivity contribution in [2.45, 2.75) is 45.6 Å². The maximum absolute atomic E-state index is 11.7. The minimum absolute atomic E-state index is 0.0758. The number of hydrogen-bond donors (Lipinski definition) is 2. The standard InChI is InChI=1S/C15H21NO3/c1-4-12-5-7-13(8-6-12)10(2)9-14(17)16-11(3)15(18)19/h5-8,10-11H,4,9H2,1-3H3,(H,16,17)(H,18,19)/t10?,11-/m1/s1. The number of amides is 1. The smallest absolute Gasteiger partial charge is 0.325 e. The molecule has 1 aromatic carbocycles. The third-order valence-electron chi connectivity index (χ3n) is 3.20. The summed E-state index contributed by atoms with van der Waals surface area (Å²) in [6.45, 7) is 5.52. The second kappa shape index (κ2) is 6.92. The van der Waals surface area contributed by atoms with E-state index in [0.717, 1.165) is 12.0 Å². The lowest BCUT2D eigenvalue weighted by atomic mass is 9.96. The van der Waals surface area contributed by atoms with Crippen LogP contribution in [0.4, 0.5) is 0 Å². The zero-order chi connectivity index (χ0) is 14.4. The Bertz CT molecular complexity index is 439. The fourth-order valence-corrected chi connectivity index (χ4v) is 1.84. The van der Waals surface area contributed by atoms with E-state index in [1.807, 2.05) is 19.1 Å². The molecular formula is C15H21NO3. The van der Waals surface area contributed by atoms with Crippen LogP contribution in [0.25, 0.3) is 0 Å². The second-order valence-electron chi connectivity index (χ2n) is 4.83. The van der Waals surface area contributed by atoms with E-state index in [-0.39, 0.29) is 11.8 Å². The molecule has 104 valence electrons. The quantitative estimate of drug-likeness (QED) is 0.827. The molecular weight excluding hydrogens is 242 g/mol. The van der Waals surface area contributed by atoms with Gasteiger partial charge in [0, 0.05) is 6.42 Å². The van der Waals surface area contributed by atoms with Gasteiger partial charge in [-0.15, -0.1) is 0 Å². The first-order valence-electron chi connectivity index (χ1n) is 6.55. The summed E-state index contributed by atoms with van der Waals surface area (Å²) in [6.07, 6.45) is 1.29. The highest BCUT2D eigenvalue weighted by atomic mass is 16.4. The largest absolute Gasteiger partial charge is 0.480 e. The summed E-state index contributed by atoms with van der Waals surface area (Å²) in [5.74, 6) is -1.18. The summed E-state index contributed by atoms with van der Waals surface area (Å²) in [4.78, 5) is 22.3. The molecule has 19 heavy (non-hydrogen) atoms. The number of benzene rings is 1. The van der Waals surface area contributed by atoms with Gasteiger partial charge in [-0.2, -0.15) is 0 Å². The molecule has 0 aromatic heterocycles. The highest BCUT2D eigenvalue weighted by Gasteiger charge is 2.16. The van der Waals surface area contributed by atoms with Crippen molar-refractivity contribution in [1.82, 2.24) is 5.32 Å². The molecule has 1 amide bonds. The molecule has 2 N–H and O–H groups in total. The van der Waals surface area contributed by atoms with Crippen molar-refractivity contribution in [1.29, 1.82) is 0 Å². The van der Waals surface area contributed by atoms with Gasteiger partial charge in [0.1, 0.15) is 6.04 Å². The van der Waals surface area contributed by atoms with E-state index < -0.39 is 12.0 Å². The van der Waals surface area contributed by atoms with Gasteiger partial charge in [0.05, 0.1) is 0 Å². The maximum Gasteiger partial charge on any atom is 0.325 e. The number of carboxylic acid groups (broad SMARTS) is 1. The van der Waals surface area contributed by atoms with E-state index in [9.17, 15) is 9.59 Å². The first-order valence-corrected chi connectivity index (χ1v) is 6.55. The van der Waals surface area contributed by atoms with Crippen LogP contribution in [0.3, 0.4) is 0 Å². The Morgan fingerprint density at radius 2 is 1.79 bits per heavy atom. The predicted octanol–water partition coefficient (Wildman–Crippen LogP) is 2.33. The van der Waals surface area contributed by atoms with Crippen LogP contribution >= 0.6 is 0 Å². The fraction of sp³-hybridized carbons (Fsp3) is 0.467. The van der Waals surface area contributed by atoms with Crippen molar-refractivity contribution >= 4 is 11.9 Å². The number of aryl methyl sites for hydroxylation is 1. The zero-order valence-corrected chi connectivity index (χ0v) is 11.6. The SMILES string of the molecule is CCc1ccc(C(C)CC(=O)N[C@H](C)C(=O)O)cc1. The first kappa shape index (κ1) is 15.2. The number of hydrogen-bond acceptors (Lipinski definition) is 2. The van der Waals surface area contributed by atoms with Crippen LogP contribution in [0, 0.1) is 0 Å². The number of aliphatic carboxylic acids is 1. The van der Waals surface area contributed by atoms with Crippen molar-refractivity contribution < 1.29 is 14.7 Å². The van der Waals surface area contributed by atoms with Crippen LogP contribution < -0.4 is 5.32 Å². The lowest BCUT2D eigenvalue weighted by molar-refractivity contribution is -0.141. The summed E-state index contributed by atoms with van der Waals surface area (Å²) >= 11 is 0. The van der Waals surface area contributed by atoms with Gasteiger partial charge in [-0.05, 0) is 30.4 Å². The summed E-state index contributed by atoms with van der Waals surface area (Å²) < 4.78 is 0. The molecule has 0 aliphatic rings. The van der Waals surface area contributed by atoms with Crippen LogP contribution in [-0.4, -0.2) is 23.0 Å². The minimum atomic E-state index is -1.02. The summed E-state index contributed by atoms with van der Waals surface area (Å²) in [5, 5.41) is 11.2. The molecule has 0 heterocycles. The molecule has 2 atom stereocenters. The fourth-order valence-electron chi connectivity index (χ4n) is 1.84. The highest BCUT2D eigenvalue weighted by molar-refractivity contribution is 5.83. The molecule has 0 aliphatic heterocycles. The molecule has 0 spiro atoms. The zero-order valence-electron chi connectivity index (χ0n) is 11.6. The van der Waals surface area contributed by atoms with Crippen molar-refractivity contribution in [3.8, 4) is 0 Å². The van der Waals surface area contributed by atoms with E-state index in [4.69, 9.17) is 5.11 Å². The highest BCUT2D eigenvalue weighted by Crippen LogP contribution is 2.19. The first-order chi connectivity index (χ1) is 8.93. The van der Waals surface area contributed by atoms with Crippen LogP contribution in [0.2, 0.25) is 0 Å². The van der Waals surface area contributed by atoms with Crippen molar-refractivity contribution in [2.75, 3.05) is 0 Å². The Hall–Kier alpha value is -1.84. The molecule has 0 saturated heterocycles. The lowest BCUT2D eigenvalue weighted by Crippen LogP contribution is -2.38. The molecule has 1 rings (SSSR count). The Balaban J connectivity index is 2.56. The van der Waals surface area contributed by atoms with E-state index in [0.29, 0.717) is 6.42 Å². The average Bonchev–Trinajstić information content (AvgIpc) is 2.38. The monoisotopic (exact) mass is 263 g/mol. The topological polar surface area (TPSA) is 66.4 Å². The van der Waals surface area contributed by atoms with Gasteiger partial charge in [-0.3, -0.25) is 9.59 Å². The van der Waals surface area contributed by atoms with Gasteiger partial charge in [0.15, 0.2) is 0 Å². The summed E-state index contributed by atoms with van der Waals surface area (Å²) in [5.41, 5.74) is 2.36. The lowest BCUT2D eigenvalue weighted by Gasteiger charge is -2.14. The van der Waals surface area contributed by atoms with Crippen LogP contribution in [0.15, 0.2) is 24.3 Å². The minimum Gasteiger partial charge on any atom is -0.480 e. The Kier molecular flexibility index (Phi) is 5.55. The van der Waals surface area contributed by atoms with Crippen LogP contribution in [0.1, 0.15) is 44.2 Å². The third-order valence-corrected chi connectivity index (χ3v) is 3.20. The van der Waals surface area contributed by atoms with Gasteiger partial charge in [0.2, 0.25) is 5.91 Å². The van der Waals surface area contributed by atoms with Gasteiger partial charge in [-0.25, -0.2) is 0 Å². The van der Waals surface area contributed by atoms with Crippen LogP contribution in [0.5, 0.6) is 0 Å². The molecule has 4 nitrogen and oxygen atoms in total. The number of carbonyl (C=O) groups excluding carboxylic acids is 1. The van der Waals surface area contributed by atoms with E-state index in [1.54, 1.807) is 0 Å². The number of carboxylic acids is 1. The molecule has 0 aliphatic carbocycles. The molecule has 1 aromatic rings.